The molecule has 0 saturated carbocycles. The van der Waals surface area contributed by atoms with E-state index in [1.807, 2.05) is 6.92 Å². The molecule has 2 aromatic rings. The minimum absolute atomic E-state index is 0.280. The second-order valence-corrected chi connectivity index (χ2v) is 5.16. The zero-order chi connectivity index (χ0) is 17.7. The molecular formula is C18H20FNO4. The summed E-state index contributed by atoms with van der Waals surface area (Å²) in [5.74, 6) is 0.601. The standard InChI is InChI=1S/C18H20FNO4/c1-11(12-5-7-14(19)8-6-12)20-18(21)13-9-15(22-2)17(24-4)16(10-13)23-3/h5-11H,1-4H3,(H,20,21). The third-order valence-electron chi connectivity index (χ3n) is 3.64. The van der Waals surface area contributed by atoms with Crippen LogP contribution in [0.25, 0.3) is 0 Å². The average molecular weight is 333 g/mol. The maximum Gasteiger partial charge on any atom is 0.252 e. The van der Waals surface area contributed by atoms with Crippen LogP contribution in [0, 0.1) is 5.82 Å². The molecule has 128 valence electrons. The van der Waals surface area contributed by atoms with E-state index in [2.05, 4.69) is 5.32 Å². The van der Waals surface area contributed by atoms with Crippen LogP contribution in [0.15, 0.2) is 36.4 Å². The summed E-state index contributed by atoms with van der Waals surface area (Å²) < 4.78 is 28.7. The molecule has 0 fully saturated rings. The number of carbonyl (C=O) groups is 1. The van der Waals surface area contributed by atoms with Gasteiger partial charge in [-0.2, -0.15) is 0 Å². The van der Waals surface area contributed by atoms with Gasteiger partial charge in [0.25, 0.3) is 5.91 Å². The van der Waals surface area contributed by atoms with Crippen LogP contribution in [0.1, 0.15) is 28.9 Å². The normalized spacial score (nSPS) is 11.5. The molecule has 2 rings (SSSR count). The largest absolute Gasteiger partial charge is 0.493 e. The number of carbonyl (C=O) groups excluding carboxylic acids is 1. The van der Waals surface area contributed by atoms with Gasteiger partial charge in [-0.1, -0.05) is 12.1 Å². The monoisotopic (exact) mass is 333 g/mol. The molecule has 0 aromatic heterocycles. The lowest BCUT2D eigenvalue weighted by Crippen LogP contribution is -2.26. The molecule has 0 radical (unpaired) electrons. The fourth-order valence-corrected chi connectivity index (χ4v) is 2.33. The van der Waals surface area contributed by atoms with Crippen molar-refractivity contribution in [2.75, 3.05) is 21.3 Å². The van der Waals surface area contributed by atoms with E-state index in [-0.39, 0.29) is 17.8 Å². The Balaban J connectivity index is 2.24. The Morgan fingerprint density at radius 3 is 2.00 bits per heavy atom. The van der Waals surface area contributed by atoms with Crippen LogP contribution in [0.4, 0.5) is 4.39 Å². The summed E-state index contributed by atoms with van der Waals surface area (Å²) in [6, 6.07) is 8.86. The summed E-state index contributed by atoms with van der Waals surface area (Å²) in [6.07, 6.45) is 0. The fraction of sp³-hybridized carbons (Fsp3) is 0.278. The minimum atomic E-state index is -0.318. The van der Waals surface area contributed by atoms with E-state index >= 15 is 0 Å². The van der Waals surface area contributed by atoms with Gasteiger partial charge in [0.2, 0.25) is 5.75 Å². The topological polar surface area (TPSA) is 56.8 Å². The summed E-state index contributed by atoms with van der Waals surface area (Å²) in [6.45, 7) is 1.82. The smallest absolute Gasteiger partial charge is 0.252 e. The van der Waals surface area contributed by atoms with Crippen molar-refractivity contribution >= 4 is 5.91 Å². The second kappa shape index (κ2) is 7.68. The molecule has 1 unspecified atom stereocenters. The number of methoxy groups -OCH3 is 3. The highest BCUT2D eigenvalue weighted by Gasteiger charge is 2.18. The molecule has 5 nitrogen and oxygen atoms in total. The summed E-state index contributed by atoms with van der Waals surface area (Å²) in [7, 11) is 4.47. The first kappa shape index (κ1) is 17.6. The van der Waals surface area contributed by atoms with Gasteiger partial charge in [-0.25, -0.2) is 4.39 Å². The van der Waals surface area contributed by atoms with Crippen LogP contribution in [-0.2, 0) is 0 Å². The van der Waals surface area contributed by atoms with Crippen molar-refractivity contribution in [3.05, 3.63) is 53.3 Å². The van der Waals surface area contributed by atoms with E-state index in [4.69, 9.17) is 14.2 Å². The maximum atomic E-state index is 13.0. The van der Waals surface area contributed by atoms with Crippen molar-refractivity contribution in [2.24, 2.45) is 0 Å². The van der Waals surface area contributed by atoms with Crippen molar-refractivity contribution in [3.63, 3.8) is 0 Å². The quantitative estimate of drug-likeness (QED) is 0.881. The second-order valence-electron chi connectivity index (χ2n) is 5.16. The lowest BCUT2D eigenvalue weighted by molar-refractivity contribution is 0.0939. The zero-order valence-corrected chi connectivity index (χ0v) is 14.1. The van der Waals surface area contributed by atoms with E-state index < -0.39 is 0 Å². The molecular weight excluding hydrogens is 313 g/mol. The van der Waals surface area contributed by atoms with Gasteiger partial charge in [-0.05, 0) is 36.8 Å². The molecule has 0 aliphatic heterocycles. The van der Waals surface area contributed by atoms with E-state index in [1.54, 1.807) is 24.3 Å². The number of hydrogen-bond acceptors (Lipinski definition) is 4. The summed E-state index contributed by atoms with van der Waals surface area (Å²) >= 11 is 0. The summed E-state index contributed by atoms with van der Waals surface area (Å²) in [5, 5.41) is 2.86. The predicted molar refractivity (Wildman–Crippen MR) is 88.4 cm³/mol. The number of halogens is 1. The van der Waals surface area contributed by atoms with E-state index in [0.29, 0.717) is 22.8 Å². The van der Waals surface area contributed by atoms with Gasteiger partial charge in [0.05, 0.1) is 27.4 Å². The highest BCUT2D eigenvalue weighted by atomic mass is 19.1. The first-order chi connectivity index (χ1) is 11.5. The van der Waals surface area contributed by atoms with Crippen LogP contribution in [-0.4, -0.2) is 27.2 Å². The van der Waals surface area contributed by atoms with Crippen molar-refractivity contribution < 1.29 is 23.4 Å². The van der Waals surface area contributed by atoms with Crippen molar-refractivity contribution in [1.29, 1.82) is 0 Å². The molecule has 0 bridgehead atoms. The Morgan fingerprint density at radius 1 is 1.00 bits per heavy atom. The molecule has 1 N–H and O–H groups in total. The van der Waals surface area contributed by atoms with E-state index in [1.165, 1.54) is 33.5 Å². The highest BCUT2D eigenvalue weighted by molar-refractivity contribution is 5.95. The molecule has 0 aliphatic rings. The van der Waals surface area contributed by atoms with Gasteiger partial charge in [0.1, 0.15) is 5.82 Å². The Hall–Kier alpha value is -2.76. The number of rotatable bonds is 6. The molecule has 2 aromatic carbocycles. The number of hydrogen-bond donors (Lipinski definition) is 1. The molecule has 0 spiro atoms. The number of ether oxygens (including phenoxy) is 3. The van der Waals surface area contributed by atoms with Crippen LogP contribution in [0.5, 0.6) is 17.2 Å². The van der Waals surface area contributed by atoms with Crippen molar-refractivity contribution in [1.82, 2.24) is 5.32 Å². The molecule has 0 aliphatic carbocycles. The van der Waals surface area contributed by atoms with Gasteiger partial charge < -0.3 is 19.5 Å². The number of nitrogens with one attached hydrogen (secondary N) is 1. The molecule has 0 saturated heterocycles. The van der Waals surface area contributed by atoms with E-state index in [0.717, 1.165) is 5.56 Å². The van der Waals surface area contributed by atoms with Crippen molar-refractivity contribution in [3.8, 4) is 17.2 Å². The van der Waals surface area contributed by atoms with Gasteiger partial charge in [-0.3, -0.25) is 4.79 Å². The zero-order valence-electron chi connectivity index (χ0n) is 14.1. The maximum absolute atomic E-state index is 13.0. The molecule has 1 amide bonds. The fourth-order valence-electron chi connectivity index (χ4n) is 2.33. The molecule has 24 heavy (non-hydrogen) atoms. The molecule has 0 heterocycles. The number of benzene rings is 2. The van der Waals surface area contributed by atoms with E-state index in [9.17, 15) is 9.18 Å². The van der Waals surface area contributed by atoms with Crippen LogP contribution < -0.4 is 19.5 Å². The number of amides is 1. The summed E-state index contributed by atoms with van der Waals surface area (Å²) in [5.41, 5.74) is 1.18. The average Bonchev–Trinajstić information content (AvgIpc) is 2.60. The third kappa shape index (κ3) is 3.76. The van der Waals surface area contributed by atoms with Crippen LogP contribution in [0.2, 0.25) is 0 Å². The Kier molecular flexibility index (Phi) is 5.63. The van der Waals surface area contributed by atoms with Crippen molar-refractivity contribution in [2.45, 2.75) is 13.0 Å². The van der Waals surface area contributed by atoms with Crippen LogP contribution >= 0.6 is 0 Å². The van der Waals surface area contributed by atoms with Gasteiger partial charge >= 0.3 is 0 Å². The molecule has 1 atom stereocenters. The highest BCUT2D eigenvalue weighted by Crippen LogP contribution is 2.38. The predicted octanol–water partition coefficient (Wildman–Crippen LogP) is 3.34. The Morgan fingerprint density at radius 2 is 1.54 bits per heavy atom. The first-order valence-electron chi connectivity index (χ1n) is 7.36. The Bertz CT molecular complexity index is 690. The molecule has 6 heteroatoms. The van der Waals surface area contributed by atoms with Gasteiger partial charge in [0.15, 0.2) is 11.5 Å². The first-order valence-corrected chi connectivity index (χ1v) is 7.36. The SMILES string of the molecule is COc1cc(C(=O)NC(C)c2ccc(F)cc2)cc(OC)c1OC. The Labute approximate surface area is 140 Å². The van der Waals surface area contributed by atoms with Gasteiger partial charge in [-0.15, -0.1) is 0 Å². The summed E-state index contributed by atoms with van der Waals surface area (Å²) in [4.78, 5) is 12.5. The lowest BCUT2D eigenvalue weighted by Gasteiger charge is -2.17. The van der Waals surface area contributed by atoms with Gasteiger partial charge in [0, 0.05) is 5.56 Å². The third-order valence-corrected chi connectivity index (χ3v) is 3.64. The van der Waals surface area contributed by atoms with Crippen LogP contribution in [0.3, 0.4) is 0 Å². The minimum Gasteiger partial charge on any atom is -0.493 e. The lowest BCUT2D eigenvalue weighted by atomic mass is 10.1.